The van der Waals surface area contributed by atoms with Gasteiger partial charge in [-0.2, -0.15) is 0 Å². The zero-order chi connectivity index (χ0) is 101. The van der Waals surface area contributed by atoms with E-state index in [2.05, 4.69) is 70.4 Å². The zero-order valence-corrected chi connectivity index (χ0v) is 78.5. The lowest BCUT2D eigenvalue weighted by molar-refractivity contribution is -0.161. The van der Waals surface area contributed by atoms with Gasteiger partial charge in [0.1, 0.15) is 35.3 Å². The maximum absolute atomic E-state index is 13.6. The number of fused-ring (bicyclic) bond motifs is 4. The highest BCUT2D eigenvalue weighted by atomic mass is 16.8. The molecular weight excluding hydrogens is 1810 g/mol. The Labute approximate surface area is 807 Å². The van der Waals surface area contributed by atoms with Gasteiger partial charge in [0.2, 0.25) is 0 Å². The number of aliphatic carboxylic acids is 4. The van der Waals surface area contributed by atoms with E-state index in [1.54, 1.807) is 0 Å². The SMILES string of the molecule is CC(C)C[C@H](CC(=O)[C@H](Cc1ccccc1)NC(=O)c1cnccn1)B1OC(=O)C[C@@H](C(=O)O)O1.CC(C)C[C@H](CC(=O)[C@H](Cc1ccccc1)NC(=O)c1cnccn1)B1OC(=O)[C@H](CC(=O)O)O1.CC(C)C[C@H](CC(=O)[C@H](Cc1ccccc1)NC(=O)c1cnccn1)[B-]12OC(=O)C[C@@H](O1)C(=O)[OH+]2.CC(C)C[C@H](CC(=O)[C@H](Cc1ccccc1)NC(=O)c1cnccn1)[B-]12OC(=O)[C@H](CC(=O)[OH+]1)O2. The summed E-state index contributed by atoms with van der Waals surface area (Å²) in [7, 11) is -2.21. The van der Waals surface area contributed by atoms with Crippen LogP contribution in [0.5, 0.6) is 0 Å². The Kier molecular flexibility index (Phi) is 38.5. The molecule has 6 fully saturated rings. The molecule has 0 saturated carbocycles. The summed E-state index contributed by atoms with van der Waals surface area (Å²) in [6.45, 7) is 10.4. The molecule has 2 unspecified atom stereocenters. The van der Waals surface area contributed by atoms with Crippen molar-refractivity contribution in [1.29, 1.82) is 0 Å². The summed E-state index contributed by atoms with van der Waals surface area (Å²) >= 11 is 0. The van der Waals surface area contributed by atoms with Crippen LogP contribution in [0.1, 0.15) is 197 Å². The van der Waals surface area contributed by atoms with E-state index in [-0.39, 0.29) is 140 Å². The van der Waals surface area contributed by atoms with E-state index < -0.39 is 177 Å². The fourth-order valence-electron chi connectivity index (χ4n) is 17.2. The van der Waals surface area contributed by atoms with Crippen molar-refractivity contribution in [3.05, 3.63) is 241 Å². The standard InChI is InChI=1S/4C24H28BN3O7/c2*1-15(2)10-17(25-33-21(24(32)35-25)13-22(30)34-25)12-20(29)18(11-16-6-4-3-5-7-16)28-23(31)19-14-26-8-9-27-19;1-15(2)10-17(25-34-21(24(32)33)13-22(30)35-25)12-20(29)18(11-16-6-4-3-5-7-16)28-23(31)19-14-26-8-9-27-19;1-15(2)10-17(25-34-21(13-22(30)31)24(33)35-25)12-20(29)18(11-16-6-4-3-5-7-16)28-23(32)19-14-26-8-9-27-19/h3-9,14-15,17-18,21,35H,10-13H2,1-2H3,(H,28,31);3-9,14-15,17-18,21,34H,10-13H2,1-2H3,(H,28,31);3-9,14-15,17-18,21H,10-13H2,1-2H3,(H,28,31)(H,32,33);3-9,14-15,17-18,21H,10-13H2,1-2H3,(H,28,32)(H,30,31)/t17-,18+,21-,25?;17-,18+,21+,25?;2*17-,18+,21+/m1111/s1. The third-order valence-corrected chi connectivity index (χ3v) is 23.5. The van der Waals surface area contributed by atoms with Crippen LogP contribution in [0, 0.1) is 23.7 Å². The molecule has 6 aliphatic heterocycles. The molecule has 4 aromatic carbocycles. The number of hydrogen-bond acceptors (Lipinski definition) is 32. The van der Waals surface area contributed by atoms with Gasteiger partial charge in [0.25, 0.3) is 41.5 Å². The van der Waals surface area contributed by atoms with Gasteiger partial charge in [0.15, 0.2) is 41.4 Å². The van der Waals surface area contributed by atoms with E-state index in [1.807, 2.05) is 177 Å². The summed E-state index contributed by atoms with van der Waals surface area (Å²) in [4.78, 5) is 232. The number of nitrogens with one attached hydrogen (secondary N) is 4. The number of rotatable bonds is 43. The van der Waals surface area contributed by atoms with Crippen LogP contribution in [0.15, 0.2) is 196 Å². The quantitative estimate of drug-likeness (QED) is 0.0162. The van der Waals surface area contributed by atoms with Crippen molar-refractivity contribution in [3.63, 3.8) is 0 Å². The van der Waals surface area contributed by atoms with Gasteiger partial charge in [0, 0.05) is 83.6 Å². The van der Waals surface area contributed by atoms with Gasteiger partial charge in [-0.1, -0.05) is 190 Å². The van der Waals surface area contributed by atoms with E-state index in [9.17, 15) is 81.8 Å². The van der Waals surface area contributed by atoms with Gasteiger partial charge in [-0.25, -0.2) is 24.7 Å². The molecule has 0 aliphatic carbocycles. The first kappa shape index (κ1) is 106. The minimum absolute atomic E-state index is 0.0336. The lowest BCUT2D eigenvalue weighted by atomic mass is 9.57. The maximum Gasteiger partial charge on any atom is 0.576 e. The molecule has 8 aromatic rings. The number of benzene rings is 4. The molecule has 736 valence electrons. The fourth-order valence-corrected chi connectivity index (χ4v) is 17.2. The highest BCUT2D eigenvalue weighted by molar-refractivity contribution is 6.68. The first-order chi connectivity index (χ1) is 67.0. The minimum atomic E-state index is -2.63. The smallest absolute Gasteiger partial charge is 0.576 e. The van der Waals surface area contributed by atoms with E-state index in [0.29, 0.717) is 25.7 Å². The van der Waals surface area contributed by atoms with Gasteiger partial charge in [-0.05, 0) is 109 Å². The van der Waals surface area contributed by atoms with E-state index in [0.717, 1.165) is 22.3 Å². The van der Waals surface area contributed by atoms with E-state index >= 15 is 0 Å². The highest BCUT2D eigenvalue weighted by Gasteiger charge is 2.63. The van der Waals surface area contributed by atoms with Crippen LogP contribution < -0.4 is 21.3 Å². The summed E-state index contributed by atoms with van der Waals surface area (Å²) < 4.78 is 52.6. The molecule has 0 radical (unpaired) electrons. The number of aromatic nitrogens is 8. The minimum Gasteiger partial charge on any atom is -0.718 e. The summed E-state index contributed by atoms with van der Waals surface area (Å²) in [6, 6.07) is 33.6. The van der Waals surface area contributed by atoms with Crippen LogP contribution >= 0.6 is 0 Å². The monoisotopic (exact) mass is 1920 g/mol. The number of carbonyl (C=O) groups is 16. The van der Waals surface area contributed by atoms with Crippen LogP contribution in [-0.2, 0) is 120 Å². The molecule has 0 spiro atoms. The second-order valence-electron chi connectivity index (χ2n) is 36.6. The van der Waals surface area contributed by atoms with Crippen molar-refractivity contribution in [2.45, 2.75) is 230 Å². The van der Waals surface area contributed by atoms with Crippen LogP contribution in [0.25, 0.3) is 0 Å². The fraction of sp³-hybridized carbons (Fsp3) is 0.417. The van der Waals surface area contributed by atoms with Gasteiger partial charge in [-0.15, -0.1) is 0 Å². The van der Waals surface area contributed by atoms with Crippen LogP contribution in [-0.4, -0.2) is 230 Å². The molecule has 14 atom stereocenters. The van der Waals surface area contributed by atoms with Crippen molar-refractivity contribution in [3.8, 4) is 0 Å². The molecule has 44 heteroatoms. The van der Waals surface area contributed by atoms with Gasteiger partial charge < -0.3 is 78.0 Å². The maximum atomic E-state index is 13.6. The van der Waals surface area contributed by atoms with Crippen molar-refractivity contribution >= 4 is 122 Å². The van der Waals surface area contributed by atoms with E-state index in [4.69, 9.17) is 42.3 Å². The first-order valence-corrected chi connectivity index (χ1v) is 46.3. The lowest BCUT2D eigenvalue weighted by Gasteiger charge is -2.41. The molecule has 40 nitrogen and oxygen atoms in total. The van der Waals surface area contributed by atoms with Crippen molar-refractivity contribution in [1.82, 2.24) is 61.1 Å². The Hall–Kier alpha value is -14.4. The number of carbonyl (C=O) groups excluding carboxylic acids is 12. The van der Waals surface area contributed by atoms with Crippen molar-refractivity contribution < 1.29 is 133 Å². The average Bonchev–Trinajstić information content (AvgIpc) is 1.60. The number of hydrogen-bond donors (Lipinski definition) is 6. The number of Topliss-reactive ketones (excluding diaryl/α,β-unsaturated/α-hetero) is 4. The topological polar surface area (TPSA) is 564 Å². The predicted molar refractivity (Wildman–Crippen MR) is 500 cm³/mol. The zero-order valence-electron chi connectivity index (χ0n) is 78.5. The molecule has 4 bridgehead atoms. The van der Waals surface area contributed by atoms with Crippen LogP contribution in [0.3, 0.4) is 0 Å². The summed E-state index contributed by atoms with van der Waals surface area (Å²) in [5, 5.41) is 29.4. The Bertz CT molecular complexity index is 5450. The van der Waals surface area contributed by atoms with Crippen molar-refractivity contribution in [2.75, 3.05) is 0 Å². The second-order valence-corrected chi connectivity index (χ2v) is 36.6. The number of amides is 4. The van der Waals surface area contributed by atoms with Crippen LogP contribution in [0.4, 0.5) is 0 Å². The first-order valence-electron chi connectivity index (χ1n) is 46.3. The van der Waals surface area contributed by atoms with Crippen molar-refractivity contribution in [2.24, 2.45) is 23.7 Å². The van der Waals surface area contributed by atoms with E-state index in [1.165, 1.54) is 74.4 Å². The third kappa shape index (κ3) is 31.3. The Morgan fingerprint density at radius 1 is 0.400 bits per heavy atom. The molecule has 4 aromatic heterocycles. The molecule has 140 heavy (non-hydrogen) atoms. The molecule has 6 aliphatic rings. The molecular formula is C96H112B4N12O28. The highest BCUT2D eigenvalue weighted by Crippen LogP contribution is 2.44. The molecule has 6 saturated heterocycles. The summed E-state index contributed by atoms with van der Waals surface area (Å²) in [6.07, 6.45) is 13.4. The van der Waals surface area contributed by atoms with Gasteiger partial charge >= 0.3 is 57.6 Å². The number of nitrogens with zero attached hydrogens (tertiary/aromatic N) is 8. The third-order valence-electron chi connectivity index (χ3n) is 23.5. The second kappa shape index (κ2) is 50.8. The largest absolute Gasteiger partial charge is 0.718 e. The Morgan fingerprint density at radius 2 is 0.750 bits per heavy atom. The van der Waals surface area contributed by atoms with Crippen LogP contribution in [0.2, 0.25) is 23.3 Å². The molecule has 4 amide bonds. The van der Waals surface area contributed by atoms with Gasteiger partial charge in [0.05, 0.1) is 68.2 Å². The predicted octanol–water partition coefficient (Wildman–Crippen LogP) is 7.26. The Balaban J connectivity index is 0.000000179. The lowest BCUT2D eigenvalue weighted by Crippen LogP contribution is -2.55. The molecule has 10 heterocycles. The Morgan fingerprint density at radius 3 is 1.09 bits per heavy atom. The number of ketones is 4. The molecule has 14 rings (SSSR count). The average molecular weight is 1930 g/mol. The summed E-state index contributed by atoms with van der Waals surface area (Å²) in [5.41, 5.74) is 3.75. The number of carboxylic acids is 4. The van der Waals surface area contributed by atoms with Gasteiger partial charge in [-0.3, -0.25) is 82.3 Å². The summed E-state index contributed by atoms with van der Waals surface area (Å²) in [5.74, 6) is -11.2. The number of carboxylic acid groups (broad SMARTS) is 2. The molecule has 8 N–H and O–H groups in total. The normalized spacial score (nSPS) is 20.0.